The van der Waals surface area contributed by atoms with Crippen LogP contribution >= 0.6 is 24.2 Å². The monoisotopic (exact) mass is 308 g/mol. The summed E-state index contributed by atoms with van der Waals surface area (Å²) < 4.78 is 5.28. The first-order valence-corrected chi connectivity index (χ1v) is 8.00. The third-order valence-corrected chi connectivity index (χ3v) is 5.31. The Balaban J connectivity index is 0.00000180. The van der Waals surface area contributed by atoms with Crippen molar-refractivity contribution in [2.75, 3.05) is 19.0 Å². The highest BCUT2D eigenvalue weighted by Crippen LogP contribution is 2.30. The van der Waals surface area contributed by atoms with Gasteiger partial charge in [0, 0.05) is 24.5 Å². The van der Waals surface area contributed by atoms with Gasteiger partial charge < -0.3 is 15.8 Å². The first-order chi connectivity index (χ1) is 8.65. The Morgan fingerprint density at radius 3 is 2.74 bits per heavy atom. The van der Waals surface area contributed by atoms with E-state index >= 15 is 0 Å². The largest absolute Gasteiger partial charge is 0.381 e. The lowest BCUT2D eigenvalue weighted by Gasteiger charge is -2.33. The van der Waals surface area contributed by atoms with E-state index in [9.17, 15) is 4.79 Å². The van der Waals surface area contributed by atoms with Crippen LogP contribution in [0.25, 0.3) is 0 Å². The van der Waals surface area contributed by atoms with Crippen LogP contribution in [0.4, 0.5) is 0 Å². The Hall–Kier alpha value is 0.0300. The Kier molecular flexibility index (Phi) is 6.94. The van der Waals surface area contributed by atoms with Gasteiger partial charge in [0.05, 0.1) is 5.54 Å². The molecule has 0 aromatic rings. The highest BCUT2D eigenvalue weighted by Gasteiger charge is 2.38. The fraction of sp³-hybridized carbons (Fsp3) is 0.923. The molecule has 2 atom stereocenters. The van der Waals surface area contributed by atoms with Gasteiger partial charge in [-0.25, -0.2) is 0 Å². The lowest BCUT2D eigenvalue weighted by atomic mass is 9.90. The van der Waals surface area contributed by atoms with Crippen molar-refractivity contribution in [2.24, 2.45) is 5.73 Å². The number of ether oxygens (including phenoxy) is 1. The van der Waals surface area contributed by atoms with Crippen LogP contribution in [-0.2, 0) is 9.53 Å². The minimum atomic E-state index is -0.706. The maximum absolute atomic E-state index is 12.3. The summed E-state index contributed by atoms with van der Waals surface area (Å²) in [5.74, 6) is 1.14. The number of hydrogen-bond acceptors (Lipinski definition) is 4. The second kappa shape index (κ2) is 7.72. The molecule has 19 heavy (non-hydrogen) atoms. The molecule has 1 heterocycles. The van der Waals surface area contributed by atoms with Crippen molar-refractivity contribution in [3.63, 3.8) is 0 Å². The molecule has 1 amide bonds. The summed E-state index contributed by atoms with van der Waals surface area (Å²) in [4.78, 5) is 12.3. The molecule has 1 saturated carbocycles. The molecule has 1 aliphatic heterocycles. The first kappa shape index (κ1) is 17.1. The van der Waals surface area contributed by atoms with Gasteiger partial charge in [0.1, 0.15) is 0 Å². The van der Waals surface area contributed by atoms with E-state index in [1.54, 1.807) is 0 Å². The summed E-state index contributed by atoms with van der Waals surface area (Å²) in [6.45, 7) is 3.37. The standard InChI is InChI=1S/C13H24N2O2S.ClH/c1-2-18-11-5-3-4-10(11)15-12(16)13(14)6-8-17-9-7-13;/h10-11H,2-9,14H2,1H3,(H,15,16);1H. The minimum Gasteiger partial charge on any atom is -0.381 e. The van der Waals surface area contributed by atoms with Crippen LogP contribution in [0.2, 0.25) is 0 Å². The number of nitrogens with two attached hydrogens (primary N) is 1. The lowest BCUT2D eigenvalue weighted by Crippen LogP contribution is -2.59. The number of halogens is 1. The molecule has 0 aromatic heterocycles. The van der Waals surface area contributed by atoms with Crippen molar-refractivity contribution in [1.82, 2.24) is 5.32 Å². The van der Waals surface area contributed by atoms with Crippen molar-refractivity contribution in [2.45, 2.75) is 55.9 Å². The van der Waals surface area contributed by atoms with Gasteiger partial charge in [-0.2, -0.15) is 11.8 Å². The van der Waals surface area contributed by atoms with Crippen LogP contribution in [0.3, 0.4) is 0 Å². The number of carbonyl (C=O) groups excluding carboxylic acids is 1. The summed E-state index contributed by atoms with van der Waals surface area (Å²) in [5.41, 5.74) is 5.50. The molecule has 1 saturated heterocycles. The van der Waals surface area contributed by atoms with E-state index in [4.69, 9.17) is 10.5 Å². The molecule has 3 N–H and O–H groups in total. The predicted molar refractivity (Wildman–Crippen MR) is 81.9 cm³/mol. The minimum absolute atomic E-state index is 0. The van der Waals surface area contributed by atoms with E-state index in [0.717, 1.165) is 12.2 Å². The zero-order valence-corrected chi connectivity index (χ0v) is 13.2. The molecule has 4 nitrogen and oxygen atoms in total. The Morgan fingerprint density at radius 2 is 2.11 bits per heavy atom. The van der Waals surface area contributed by atoms with Crippen molar-refractivity contribution in [3.8, 4) is 0 Å². The molecular formula is C13H25ClN2O2S. The quantitative estimate of drug-likeness (QED) is 0.830. The summed E-state index contributed by atoms with van der Waals surface area (Å²) in [6, 6.07) is 0.311. The summed E-state index contributed by atoms with van der Waals surface area (Å²) in [7, 11) is 0. The van der Waals surface area contributed by atoms with Gasteiger partial charge in [0.2, 0.25) is 5.91 Å². The van der Waals surface area contributed by atoms with Crippen molar-refractivity contribution in [1.29, 1.82) is 0 Å². The molecular weight excluding hydrogens is 284 g/mol. The maximum Gasteiger partial charge on any atom is 0.240 e. The average Bonchev–Trinajstić information content (AvgIpc) is 2.78. The molecule has 0 aromatic carbocycles. The molecule has 1 aliphatic carbocycles. The van der Waals surface area contributed by atoms with Crippen LogP contribution in [0, 0.1) is 0 Å². The molecule has 0 bridgehead atoms. The average molecular weight is 309 g/mol. The SMILES string of the molecule is CCSC1CCCC1NC(=O)C1(N)CCOCC1.Cl. The number of carbonyl (C=O) groups is 1. The Morgan fingerprint density at radius 1 is 1.42 bits per heavy atom. The third kappa shape index (κ3) is 4.25. The van der Waals surface area contributed by atoms with Crippen LogP contribution in [0.5, 0.6) is 0 Å². The van der Waals surface area contributed by atoms with Crippen LogP contribution in [0.1, 0.15) is 39.0 Å². The Labute approximate surface area is 126 Å². The zero-order valence-electron chi connectivity index (χ0n) is 11.5. The van der Waals surface area contributed by atoms with E-state index in [1.165, 1.54) is 12.8 Å². The van der Waals surface area contributed by atoms with Gasteiger partial charge in [-0.3, -0.25) is 4.79 Å². The highest BCUT2D eigenvalue weighted by atomic mass is 35.5. The van der Waals surface area contributed by atoms with Crippen LogP contribution < -0.4 is 11.1 Å². The molecule has 2 unspecified atom stereocenters. The van der Waals surface area contributed by atoms with Crippen LogP contribution in [-0.4, -0.2) is 41.7 Å². The number of hydrogen-bond donors (Lipinski definition) is 2. The highest BCUT2D eigenvalue weighted by molar-refractivity contribution is 7.99. The Bertz CT molecular complexity index is 298. The number of thioether (sulfide) groups is 1. The van der Waals surface area contributed by atoms with Crippen molar-refractivity contribution < 1.29 is 9.53 Å². The normalized spacial score (nSPS) is 29.6. The van der Waals surface area contributed by atoms with Gasteiger partial charge in [0.15, 0.2) is 0 Å². The van der Waals surface area contributed by atoms with E-state index < -0.39 is 5.54 Å². The van der Waals surface area contributed by atoms with Gasteiger partial charge in [-0.05, 0) is 31.4 Å². The lowest BCUT2D eigenvalue weighted by molar-refractivity contribution is -0.130. The second-order valence-corrected chi connectivity index (χ2v) is 6.79. The van der Waals surface area contributed by atoms with Crippen LogP contribution in [0.15, 0.2) is 0 Å². The van der Waals surface area contributed by atoms with E-state index in [0.29, 0.717) is 37.3 Å². The molecule has 2 rings (SSSR count). The number of nitrogens with one attached hydrogen (secondary N) is 1. The number of rotatable bonds is 4. The van der Waals surface area contributed by atoms with Gasteiger partial charge in [-0.1, -0.05) is 13.3 Å². The topological polar surface area (TPSA) is 64.4 Å². The third-order valence-electron chi connectivity index (χ3n) is 3.99. The van der Waals surface area contributed by atoms with Gasteiger partial charge in [0.25, 0.3) is 0 Å². The fourth-order valence-corrected chi connectivity index (χ4v) is 3.98. The molecule has 6 heteroatoms. The summed E-state index contributed by atoms with van der Waals surface area (Å²) in [6.07, 6.45) is 4.79. The van der Waals surface area contributed by atoms with E-state index in [-0.39, 0.29) is 18.3 Å². The van der Waals surface area contributed by atoms with E-state index in [2.05, 4.69) is 12.2 Å². The summed E-state index contributed by atoms with van der Waals surface area (Å²) >= 11 is 1.95. The maximum atomic E-state index is 12.3. The fourth-order valence-electron chi connectivity index (χ4n) is 2.78. The number of amides is 1. The van der Waals surface area contributed by atoms with Crippen molar-refractivity contribution in [3.05, 3.63) is 0 Å². The molecule has 112 valence electrons. The summed E-state index contributed by atoms with van der Waals surface area (Å²) in [5, 5.41) is 3.76. The smallest absolute Gasteiger partial charge is 0.240 e. The molecule has 2 fully saturated rings. The van der Waals surface area contributed by atoms with E-state index in [1.807, 2.05) is 11.8 Å². The molecule has 2 aliphatic rings. The zero-order chi connectivity index (χ0) is 13.0. The predicted octanol–water partition coefficient (Wildman–Crippen LogP) is 1.71. The van der Waals surface area contributed by atoms with Gasteiger partial charge >= 0.3 is 0 Å². The molecule has 0 radical (unpaired) electrons. The molecule has 0 spiro atoms. The van der Waals surface area contributed by atoms with Crippen molar-refractivity contribution >= 4 is 30.1 Å². The van der Waals surface area contributed by atoms with Gasteiger partial charge in [-0.15, -0.1) is 12.4 Å². The first-order valence-electron chi connectivity index (χ1n) is 6.95. The second-order valence-electron chi connectivity index (χ2n) is 5.27.